The molecule has 0 radical (unpaired) electrons. The number of halogens is 1. The number of hydrogen-bond acceptors (Lipinski definition) is 2. The molecule has 0 unspecified atom stereocenters. The van der Waals surface area contributed by atoms with Crippen molar-refractivity contribution < 1.29 is 0 Å². The second-order valence-corrected chi connectivity index (χ2v) is 5.88. The fourth-order valence-electron chi connectivity index (χ4n) is 1.95. The van der Waals surface area contributed by atoms with Gasteiger partial charge in [0.2, 0.25) is 0 Å². The molecule has 0 aromatic carbocycles. The molecule has 0 bridgehead atoms. The average molecular weight is 260 g/mol. The van der Waals surface area contributed by atoms with E-state index in [2.05, 4.69) is 27.4 Å². The Morgan fingerprint density at radius 3 is 2.69 bits per heavy atom. The molecule has 1 saturated carbocycles. The molecular formula is C10H14BrNS. The van der Waals surface area contributed by atoms with Crippen LogP contribution in [0, 0.1) is 5.41 Å². The van der Waals surface area contributed by atoms with Gasteiger partial charge in [-0.2, -0.15) is 0 Å². The fraction of sp³-hybridized carbons (Fsp3) is 0.600. The summed E-state index contributed by atoms with van der Waals surface area (Å²) in [5, 5.41) is 2.15. The number of thiophene rings is 1. The van der Waals surface area contributed by atoms with Crippen molar-refractivity contribution in [1.82, 2.24) is 0 Å². The first kappa shape index (κ1) is 9.69. The average Bonchev–Trinajstić information content (AvgIpc) is 2.44. The normalized spacial score (nSPS) is 19.8. The van der Waals surface area contributed by atoms with E-state index in [1.807, 2.05) is 11.3 Å². The van der Waals surface area contributed by atoms with Crippen LogP contribution < -0.4 is 5.73 Å². The minimum absolute atomic E-state index is 0.449. The molecule has 1 nitrogen and oxygen atoms in total. The topological polar surface area (TPSA) is 26.0 Å². The molecule has 72 valence electrons. The van der Waals surface area contributed by atoms with E-state index in [1.165, 1.54) is 35.0 Å². The van der Waals surface area contributed by atoms with Gasteiger partial charge in [-0.15, -0.1) is 11.3 Å². The van der Waals surface area contributed by atoms with Gasteiger partial charge in [-0.25, -0.2) is 0 Å². The molecule has 1 heterocycles. The van der Waals surface area contributed by atoms with Gasteiger partial charge in [-0.1, -0.05) is 6.42 Å². The van der Waals surface area contributed by atoms with E-state index in [0.29, 0.717) is 5.41 Å². The maximum absolute atomic E-state index is 5.82. The molecule has 1 aromatic heterocycles. The third-order valence-electron chi connectivity index (χ3n) is 3.02. The van der Waals surface area contributed by atoms with Gasteiger partial charge in [0, 0.05) is 14.7 Å². The van der Waals surface area contributed by atoms with Crippen molar-refractivity contribution in [3.63, 3.8) is 0 Å². The molecule has 0 atom stereocenters. The second-order valence-electron chi connectivity index (χ2n) is 3.97. The number of rotatable bonds is 3. The predicted octanol–water partition coefficient (Wildman–Crippen LogP) is 3.18. The molecule has 13 heavy (non-hydrogen) atoms. The Kier molecular flexibility index (Phi) is 2.77. The summed E-state index contributed by atoms with van der Waals surface area (Å²) in [5.74, 6) is 0. The Labute approximate surface area is 91.5 Å². The van der Waals surface area contributed by atoms with Crippen LogP contribution in [0.2, 0.25) is 0 Å². The maximum atomic E-state index is 5.82. The summed E-state index contributed by atoms with van der Waals surface area (Å²) < 4.78 is 1.21. The highest BCUT2D eigenvalue weighted by molar-refractivity contribution is 9.10. The summed E-state index contributed by atoms with van der Waals surface area (Å²) in [6.07, 6.45) is 5.18. The SMILES string of the molecule is NCC1(Cc2cc(Br)cs2)CCC1. The first-order chi connectivity index (χ1) is 6.24. The number of nitrogens with two attached hydrogens (primary N) is 1. The smallest absolute Gasteiger partial charge is 0.0285 e. The Morgan fingerprint density at radius 1 is 1.54 bits per heavy atom. The lowest BCUT2D eigenvalue weighted by Crippen LogP contribution is -2.38. The molecule has 0 amide bonds. The lowest BCUT2D eigenvalue weighted by Gasteiger charge is -2.40. The van der Waals surface area contributed by atoms with Crippen LogP contribution >= 0.6 is 27.3 Å². The van der Waals surface area contributed by atoms with Crippen molar-refractivity contribution >= 4 is 27.3 Å². The minimum Gasteiger partial charge on any atom is -0.330 e. The molecule has 2 rings (SSSR count). The standard InChI is InChI=1S/C10H14BrNS/c11-8-4-9(13-6-8)5-10(7-12)2-1-3-10/h4,6H,1-3,5,7,12H2. The summed E-state index contributed by atoms with van der Waals surface area (Å²) in [6.45, 7) is 0.850. The lowest BCUT2D eigenvalue weighted by atomic mass is 9.66. The van der Waals surface area contributed by atoms with E-state index in [1.54, 1.807) is 0 Å². The van der Waals surface area contributed by atoms with Gasteiger partial charge in [-0.05, 0) is 53.2 Å². The first-order valence-electron chi connectivity index (χ1n) is 4.67. The summed E-state index contributed by atoms with van der Waals surface area (Å²) in [6, 6.07) is 2.22. The van der Waals surface area contributed by atoms with Crippen molar-refractivity contribution in [3.05, 3.63) is 20.8 Å². The minimum atomic E-state index is 0.449. The van der Waals surface area contributed by atoms with Crippen LogP contribution in [-0.4, -0.2) is 6.54 Å². The van der Waals surface area contributed by atoms with Gasteiger partial charge in [0.15, 0.2) is 0 Å². The van der Waals surface area contributed by atoms with Gasteiger partial charge < -0.3 is 5.73 Å². The predicted molar refractivity (Wildman–Crippen MR) is 61.1 cm³/mol. The molecule has 1 aliphatic carbocycles. The van der Waals surface area contributed by atoms with E-state index in [0.717, 1.165) is 6.54 Å². The van der Waals surface area contributed by atoms with Gasteiger partial charge in [0.1, 0.15) is 0 Å². The van der Waals surface area contributed by atoms with Crippen molar-refractivity contribution in [3.8, 4) is 0 Å². The van der Waals surface area contributed by atoms with Crippen LogP contribution in [0.5, 0.6) is 0 Å². The van der Waals surface area contributed by atoms with E-state index < -0.39 is 0 Å². The highest BCUT2D eigenvalue weighted by Crippen LogP contribution is 2.43. The quantitative estimate of drug-likeness (QED) is 0.887. The Bertz CT molecular complexity index is 285. The zero-order valence-electron chi connectivity index (χ0n) is 7.55. The summed E-state index contributed by atoms with van der Waals surface area (Å²) in [5.41, 5.74) is 6.27. The summed E-state index contributed by atoms with van der Waals surface area (Å²) in [4.78, 5) is 1.47. The van der Waals surface area contributed by atoms with E-state index in [4.69, 9.17) is 5.73 Å². The van der Waals surface area contributed by atoms with Crippen LogP contribution in [0.1, 0.15) is 24.1 Å². The molecule has 3 heteroatoms. The Morgan fingerprint density at radius 2 is 2.31 bits per heavy atom. The van der Waals surface area contributed by atoms with Crippen LogP contribution in [0.15, 0.2) is 15.9 Å². The Balaban J connectivity index is 2.04. The zero-order valence-corrected chi connectivity index (χ0v) is 9.96. The summed E-state index contributed by atoms with van der Waals surface area (Å²) in [7, 11) is 0. The molecule has 1 fully saturated rings. The van der Waals surface area contributed by atoms with Crippen LogP contribution in [0.25, 0.3) is 0 Å². The molecular weight excluding hydrogens is 246 g/mol. The molecule has 2 N–H and O–H groups in total. The van der Waals surface area contributed by atoms with E-state index >= 15 is 0 Å². The molecule has 0 saturated heterocycles. The second kappa shape index (κ2) is 3.71. The molecule has 1 aliphatic rings. The maximum Gasteiger partial charge on any atom is 0.0285 e. The van der Waals surface area contributed by atoms with Crippen molar-refractivity contribution in [2.45, 2.75) is 25.7 Å². The monoisotopic (exact) mass is 259 g/mol. The van der Waals surface area contributed by atoms with Crippen molar-refractivity contribution in [2.75, 3.05) is 6.54 Å². The molecule has 0 aliphatic heterocycles. The summed E-state index contributed by atoms with van der Waals surface area (Å²) >= 11 is 5.32. The van der Waals surface area contributed by atoms with E-state index in [-0.39, 0.29) is 0 Å². The third-order valence-corrected chi connectivity index (χ3v) is 4.72. The molecule has 1 aromatic rings. The van der Waals surface area contributed by atoms with Gasteiger partial charge in [-0.3, -0.25) is 0 Å². The molecule has 0 spiro atoms. The Hall–Kier alpha value is 0.140. The first-order valence-corrected chi connectivity index (χ1v) is 6.34. The fourth-order valence-corrected chi connectivity index (χ4v) is 3.57. The van der Waals surface area contributed by atoms with Crippen LogP contribution in [0.4, 0.5) is 0 Å². The van der Waals surface area contributed by atoms with Crippen LogP contribution in [0.3, 0.4) is 0 Å². The van der Waals surface area contributed by atoms with Gasteiger partial charge in [0.05, 0.1) is 0 Å². The highest BCUT2D eigenvalue weighted by Gasteiger charge is 2.35. The van der Waals surface area contributed by atoms with Crippen molar-refractivity contribution in [2.24, 2.45) is 11.1 Å². The largest absolute Gasteiger partial charge is 0.330 e. The zero-order chi connectivity index (χ0) is 9.31. The van der Waals surface area contributed by atoms with Crippen molar-refractivity contribution in [1.29, 1.82) is 0 Å². The highest BCUT2D eigenvalue weighted by atomic mass is 79.9. The van der Waals surface area contributed by atoms with Gasteiger partial charge >= 0.3 is 0 Å². The van der Waals surface area contributed by atoms with Crippen LogP contribution in [-0.2, 0) is 6.42 Å². The van der Waals surface area contributed by atoms with E-state index in [9.17, 15) is 0 Å². The number of hydrogen-bond donors (Lipinski definition) is 1. The third kappa shape index (κ3) is 1.97. The lowest BCUT2D eigenvalue weighted by molar-refractivity contribution is 0.146. The van der Waals surface area contributed by atoms with Gasteiger partial charge in [0.25, 0.3) is 0 Å².